The van der Waals surface area contributed by atoms with E-state index in [-0.39, 0.29) is 31.0 Å². The molecule has 0 saturated heterocycles. The Balaban J connectivity index is 1.47. The highest BCUT2D eigenvalue weighted by Gasteiger charge is 2.30. The molecule has 12 heteroatoms. The van der Waals surface area contributed by atoms with Crippen LogP contribution in [0.25, 0.3) is 0 Å². The van der Waals surface area contributed by atoms with Crippen LogP contribution in [-0.4, -0.2) is 21.8 Å². The number of nitrogens with zero attached hydrogens (tertiary/aromatic N) is 2. The molecule has 0 atom stereocenters. The summed E-state index contributed by atoms with van der Waals surface area (Å²) in [5.74, 6) is -1.33. The molecule has 3 aromatic carbocycles. The zero-order valence-electron chi connectivity index (χ0n) is 20.1. The van der Waals surface area contributed by atoms with E-state index in [0.717, 1.165) is 23.5 Å². The van der Waals surface area contributed by atoms with Crippen LogP contribution in [0.1, 0.15) is 32.2 Å². The van der Waals surface area contributed by atoms with E-state index in [0.29, 0.717) is 16.1 Å². The van der Waals surface area contributed by atoms with Crippen LogP contribution in [0.15, 0.2) is 78.2 Å². The summed E-state index contributed by atoms with van der Waals surface area (Å²) >= 11 is 1.12. The topological polar surface area (TPSA) is 74.3 Å². The Bertz CT molecular complexity index is 1440. The second kappa shape index (κ2) is 12.0. The highest BCUT2D eigenvalue weighted by Crippen LogP contribution is 2.30. The van der Waals surface area contributed by atoms with E-state index >= 15 is 0 Å². The number of benzene rings is 3. The largest absolute Gasteiger partial charge is 0.416 e. The van der Waals surface area contributed by atoms with E-state index in [9.17, 15) is 31.5 Å². The Morgan fingerprint density at radius 1 is 0.872 bits per heavy atom. The predicted octanol–water partition coefficient (Wildman–Crippen LogP) is 6.60. The number of thiazole rings is 1. The minimum atomic E-state index is -4.58. The van der Waals surface area contributed by atoms with Crippen molar-refractivity contribution in [1.82, 2.24) is 15.2 Å². The van der Waals surface area contributed by atoms with Crippen molar-refractivity contribution < 1.29 is 31.5 Å². The number of hydrogen-bond acceptors (Lipinski definition) is 4. The van der Waals surface area contributed by atoms with Crippen LogP contribution in [-0.2, 0) is 25.8 Å². The van der Waals surface area contributed by atoms with E-state index in [4.69, 9.17) is 0 Å². The molecule has 2 N–H and O–H groups in total. The van der Waals surface area contributed by atoms with E-state index in [1.807, 2.05) is 0 Å². The lowest BCUT2D eigenvalue weighted by molar-refractivity contribution is -0.137. The smallest absolute Gasteiger partial charge is 0.347 e. The highest BCUT2D eigenvalue weighted by molar-refractivity contribution is 7.09. The molecule has 0 spiro atoms. The second-order valence-corrected chi connectivity index (χ2v) is 9.37. The Labute approximate surface area is 224 Å². The van der Waals surface area contributed by atoms with Crippen molar-refractivity contribution in [3.05, 3.63) is 117 Å². The van der Waals surface area contributed by atoms with Crippen molar-refractivity contribution in [1.29, 1.82) is 0 Å². The van der Waals surface area contributed by atoms with Gasteiger partial charge in [0, 0.05) is 24.2 Å². The lowest BCUT2D eigenvalue weighted by Gasteiger charge is -2.22. The maximum atomic E-state index is 13.4. The first kappa shape index (κ1) is 27.7. The maximum Gasteiger partial charge on any atom is 0.416 e. The predicted molar refractivity (Wildman–Crippen MR) is 136 cm³/mol. The summed E-state index contributed by atoms with van der Waals surface area (Å²) in [5.41, 5.74) is 0.402. The number of nitrogens with one attached hydrogen (secondary N) is 2. The molecule has 0 aliphatic heterocycles. The monoisotopic (exact) mass is 560 g/mol. The highest BCUT2D eigenvalue weighted by atomic mass is 32.1. The molecule has 0 saturated carbocycles. The molecule has 4 aromatic rings. The molecule has 0 unspecified atom stereocenters. The van der Waals surface area contributed by atoms with Crippen molar-refractivity contribution in [3.8, 4) is 0 Å². The summed E-state index contributed by atoms with van der Waals surface area (Å²) in [4.78, 5) is 31.2. The first-order chi connectivity index (χ1) is 18.6. The van der Waals surface area contributed by atoms with E-state index in [2.05, 4.69) is 15.6 Å². The Kier molecular flexibility index (Phi) is 8.55. The fourth-order valence-electron chi connectivity index (χ4n) is 3.51. The van der Waals surface area contributed by atoms with E-state index in [1.165, 1.54) is 58.8 Å². The van der Waals surface area contributed by atoms with Gasteiger partial charge in [-0.2, -0.15) is 13.2 Å². The first-order valence-corrected chi connectivity index (χ1v) is 12.4. The van der Waals surface area contributed by atoms with Gasteiger partial charge in [-0.15, -0.1) is 11.3 Å². The Morgan fingerprint density at radius 2 is 1.51 bits per heavy atom. The summed E-state index contributed by atoms with van der Waals surface area (Å²) in [5, 5.41) is 7.05. The SMILES string of the molecule is O=C(NCc1ccc(F)cc1)c1csc(CN(Cc2ccc(F)cc2)C(=O)Nc2cccc(C(F)(F)F)c2)n1. The summed E-state index contributed by atoms with van der Waals surface area (Å²) in [6.07, 6.45) is -4.58. The Morgan fingerprint density at radius 3 is 2.15 bits per heavy atom. The number of urea groups is 1. The molecule has 202 valence electrons. The summed E-state index contributed by atoms with van der Waals surface area (Å²) < 4.78 is 65.7. The molecule has 4 rings (SSSR count). The fraction of sp³-hybridized carbons (Fsp3) is 0.148. The van der Waals surface area contributed by atoms with Gasteiger partial charge in [0.25, 0.3) is 5.91 Å². The number of alkyl halides is 3. The van der Waals surface area contributed by atoms with Crippen LogP contribution >= 0.6 is 11.3 Å². The van der Waals surface area contributed by atoms with Crippen molar-refractivity contribution in [3.63, 3.8) is 0 Å². The molecular weight excluding hydrogens is 539 g/mol. The van der Waals surface area contributed by atoms with E-state index in [1.54, 1.807) is 12.1 Å². The van der Waals surface area contributed by atoms with Crippen LogP contribution in [0.4, 0.5) is 32.4 Å². The molecule has 0 radical (unpaired) electrons. The molecule has 6 nitrogen and oxygen atoms in total. The number of carbonyl (C=O) groups is 2. The summed E-state index contributed by atoms with van der Waals surface area (Å²) in [7, 11) is 0. The zero-order chi connectivity index (χ0) is 28.0. The molecule has 39 heavy (non-hydrogen) atoms. The van der Waals surface area contributed by atoms with Crippen molar-refractivity contribution in [2.24, 2.45) is 0 Å². The minimum absolute atomic E-state index is 0.00322. The maximum absolute atomic E-state index is 13.4. The standard InChI is InChI=1S/C27H21F5N4O2S/c28-20-8-4-17(5-9-20)13-33-25(37)23-16-39-24(35-23)15-36(14-18-6-10-21(29)11-7-18)26(38)34-22-3-1-2-19(12-22)27(30,31)32/h1-12,16H,13-15H2,(H,33,37)(H,34,38). The van der Waals surface area contributed by atoms with Gasteiger partial charge in [0.05, 0.1) is 12.1 Å². The third-order valence-electron chi connectivity index (χ3n) is 5.49. The second-order valence-electron chi connectivity index (χ2n) is 8.43. The van der Waals surface area contributed by atoms with Crippen LogP contribution in [0.2, 0.25) is 0 Å². The average molecular weight is 561 g/mol. The summed E-state index contributed by atoms with van der Waals surface area (Å²) in [6.45, 7) is 0.0803. The van der Waals surface area contributed by atoms with Gasteiger partial charge in [-0.1, -0.05) is 30.3 Å². The number of halogens is 5. The number of anilines is 1. The third kappa shape index (κ3) is 7.84. The van der Waals surface area contributed by atoms with Gasteiger partial charge in [0.1, 0.15) is 22.3 Å². The molecule has 0 aliphatic rings. The molecule has 1 heterocycles. The van der Waals surface area contributed by atoms with Crippen LogP contribution in [0.5, 0.6) is 0 Å². The van der Waals surface area contributed by atoms with Crippen LogP contribution < -0.4 is 10.6 Å². The molecule has 1 aromatic heterocycles. The fourth-order valence-corrected chi connectivity index (χ4v) is 4.30. The molecule has 0 bridgehead atoms. The number of amides is 3. The van der Waals surface area contributed by atoms with Gasteiger partial charge in [-0.05, 0) is 53.6 Å². The van der Waals surface area contributed by atoms with Crippen molar-refractivity contribution >= 4 is 29.0 Å². The lowest BCUT2D eigenvalue weighted by atomic mass is 10.2. The van der Waals surface area contributed by atoms with Gasteiger partial charge in [-0.3, -0.25) is 4.79 Å². The van der Waals surface area contributed by atoms with Gasteiger partial charge >= 0.3 is 12.2 Å². The zero-order valence-corrected chi connectivity index (χ0v) is 21.0. The molecule has 0 aliphatic carbocycles. The molecular formula is C27H21F5N4O2S. The minimum Gasteiger partial charge on any atom is -0.347 e. The van der Waals surface area contributed by atoms with Crippen molar-refractivity contribution in [2.45, 2.75) is 25.8 Å². The Hall–Kier alpha value is -4.32. The molecule has 0 fully saturated rings. The van der Waals surface area contributed by atoms with Gasteiger partial charge in [0.15, 0.2) is 0 Å². The summed E-state index contributed by atoms with van der Waals surface area (Å²) in [6, 6.07) is 14.6. The van der Waals surface area contributed by atoms with Crippen LogP contribution in [0.3, 0.4) is 0 Å². The van der Waals surface area contributed by atoms with Gasteiger partial charge in [0.2, 0.25) is 0 Å². The number of rotatable bonds is 8. The lowest BCUT2D eigenvalue weighted by Crippen LogP contribution is -2.34. The number of carbonyl (C=O) groups excluding carboxylic acids is 2. The third-order valence-corrected chi connectivity index (χ3v) is 6.33. The van der Waals surface area contributed by atoms with Crippen LogP contribution in [0, 0.1) is 11.6 Å². The van der Waals surface area contributed by atoms with Gasteiger partial charge in [-0.25, -0.2) is 18.6 Å². The molecule has 3 amide bonds. The van der Waals surface area contributed by atoms with Crippen molar-refractivity contribution in [2.75, 3.05) is 5.32 Å². The van der Waals surface area contributed by atoms with Gasteiger partial charge < -0.3 is 15.5 Å². The van der Waals surface area contributed by atoms with E-state index < -0.39 is 35.3 Å². The normalized spacial score (nSPS) is 11.2. The quantitative estimate of drug-likeness (QED) is 0.239. The average Bonchev–Trinajstić information content (AvgIpc) is 3.37. The number of hydrogen-bond donors (Lipinski definition) is 2. The first-order valence-electron chi connectivity index (χ1n) is 11.5. The number of aromatic nitrogens is 1.